The molecule has 0 bridgehead atoms. The Labute approximate surface area is 116 Å². The van der Waals surface area contributed by atoms with Crippen molar-refractivity contribution < 1.29 is 36.6 Å². The van der Waals surface area contributed by atoms with Gasteiger partial charge in [0.05, 0.1) is 16.2 Å². The Balaban J connectivity index is 3.29. The first-order valence-corrected chi connectivity index (χ1v) is 5.62. The lowest BCUT2D eigenvalue weighted by Gasteiger charge is -2.14. The first-order valence-electron chi connectivity index (χ1n) is 4.54. The van der Waals surface area contributed by atoms with Gasteiger partial charge in [-0.3, -0.25) is 9.78 Å². The van der Waals surface area contributed by atoms with Crippen molar-refractivity contribution in [3.63, 3.8) is 0 Å². The molecular weight excluding hydrogens is 392 g/mol. The number of rotatable bonds is 4. The molecule has 1 heterocycles. The minimum atomic E-state index is -5.02. The van der Waals surface area contributed by atoms with Gasteiger partial charge in [-0.15, -0.1) is 13.2 Å². The number of carboxylic acid groups (broad SMARTS) is 1. The van der Waals surface area contributed by atoms with Gasteiger partial charge in [-0.1, -0.05) is 0 Å². The van der Waals surface area contributed by atoms with Gasteiger partial charge in [-0.25, -0.2) is 8.78 Å². The third-order valence-electron chi connectivity index (χ3n) is 1.87. The third-order valence-corrected chi connectivity index (χ3v) is 3.05. The summed E-state index contributed by atoms with van der Waals surface area (Å²) >= 11 is 1.31. The number of ether oxygens (including phenoxy) is 1. The summed E-state index contributed by atoms with van der Waals surface area (Å²) in [6, 6.07) is 0. The minimum Gasteiger partial charge on any atom is -0.481 e. The summed E-state index contributed by atoms with van der Waals surface area (Å²) in [5, 5.41) is 8.58. The van der Waals surface area contributed by atoms with Crippen LogP contribution in [0.3, 0.4) is 0 Å². The summed E-state index contributed by atoms with van der Waals surface area (Å²) in [4.78, 5) is 13.7. The number of carboxylic acids is 1. The third kappa shape index (κ3) is 4.44. The van der Waals surface area contributed by atoms with Crippen molar-refractivity contribution in [3.8, 4) is 5.75 Å². The average molecular weight is 397 g/mol. The average Bonchev–Trinajstić information content (AvgIpc) is 2.21. The normalized spacial score (nSPS) is 11.7. The Morgan fingerprint density at radius 1 is 1.47 bits per heavy atom. The van der Waals surface area contributed by atoms with E-state index in [9.17, 15) is 26.7 Å². The number of aromatic nitrogens is 1. The summed E-state index contributed by atoms with van der Waals surface area (Å²) in [6.07, 6.45) is -8.50. The molecule has 19 heavy (non-hydrogen) atoms. The molecule has 0 amide bonds. The highest BCUT2D eigenvalue weighted by Crippen LogP contribution is 2.33. The molecule has 1 aromatic rings. The molecule has 0 unspecified atom stereocenters. The highest BCUT2D eigenvalue weighted by atomic mass is 127. The number of hydrogen-bond acceptors (Lipinski definition) is 3. The van der Waals surface area contributed by atoms with E-state index < -0.39 is 42.2 Å². The van der Waals surface area contributed by atoms with Gasteiger partial charge >= 0.3 is 12.3 Å². The summed E-state index contributed by atoms with van der Waals surface area (Å²) in [6.45, 7) is 0. The van der Waals surface area contributed by atoms with Gasteiger partial charge in [0.2, 0.25) is 0 Å². The highest BCUT2D eigenvalue weighted by molar-refractivity contribution is 14.1. The zero-order chi connectivity index (χ0) is 14.8. The molecule has 1 N–H and O–H groups in total. The molecule has 0 spiro atoms. The largest absolute Gasteiger partial charge is 0.573 e. The molecule has 1 rings (SSSR count). The second-order valence-electron chi connectivity index (χ2n) is 3.22. The van der Waals surface area contributed by atoms with Crippen LogP contribution in [0.15, 0.2) is 6.20 Å². The lowest BCUT2D eigenvalue weighted by atomic mass is 10.1. The van der Waals surface area contributed by atoms with Crippen LogP contribution < -0.4 is 4.74 Å². The van der Waals surface area contributed by atoms with E-state index in [-0.39, 0.29) is 3.57 Å². The number of alkyl halides is 5. The second-order valence-corrected chi connectivity index (χ2v) is 4.30. The van der Waals surface area contributed by atoms with E-state index in [1.807, 2.05) is 0 Å². The van der Waals surface area contributed by atoms with Crippen LogP contribution in [-0.4, -0.2) is 22.4 Å². The Morgan fingerprint density at radius 3 is 2.47 bits per heavy atom. The van der Waals surface area contributed by atoms with Crippen molar-refractivity contribution in [1.82, 2.24) is 4.98 Å². The molecule has 106 valence electrons. The van der Waals surface area contributed by atoms with Gasteiger partial charge in [-0.2, -0.15) is 0 Å². The number of pyridine rings is 1. The predicted molar refractivity (Wildman–Crippen MR) is 59.9 cm³/mol. The van der Waals surface area contributed by atoms with Gasteiger partial charge < -0.3 is 9.84 Å². The fourth-order valence-electron chi connectivity index (χ4n) is 1.23. The van der Waals surface area contributed by atoms with Crippen molar-refractivity contribution in [2.24, 2.45) is 0 Å². The smallest absolute Gasteiger partial charge is 0.481 e. The van der Waals surface area contributed by atoms with Crippen LogP contribution >= 0.6 is 22.6 Å². The first-order chi connectivity index (χ1) is 8.61. The molecule has 0 saturated heterocycles. The van der Waals surface area contributed by atoms with Gasteiger partial charge in [-0.05, 0) is 22.6 Å². The number of halogens is 6. The maximum Gasteiger partial charge on any atom is 0.573 e. The SMILES string of the molecule is O=C(O)Cc1c(C(F)F)ncc(OC(F)(F)F)c1I. The molecule has 1 aromatic heterocycles. The van der Waals surface area contributed by atoms with Crippen molar-refractivity contribution in [1.29, 1.82) is 0 Å². The van der Waals surface area contributed by atoms with E-state index in [2.05, 4.69) is 9.72 Å². The van der Waals surface area contributed by atoms with Gasteiger partial charge in [0, 0.05) is 5.56 Å². The monoisotopic (exact) mass is 397 g/mol. The van der Waals surface area contributed by atoms with Crippen LogP contribution in [0.1, 0.15) is 17.7 Å². The fraction of sp³-hybridized carbons (Fsp3) is 0.333. The Hall–Kier alpha value is -1.20. The quantitative estimate of drug-likeness (QED) is 0.627. The van der Waals surface area contributed by atoms with E-state index in [1.54, 1.807) is 0 Å². The van der Waals surface area contributed by atoms with Crippen LogP contribution in [0.4, 0.5) is 22.0 Å². The number of hydrogen-bond donors (Lipinski definition) is 1. The van der Waals surface area contributed by atoms with E-state index >= 15 is 0 Å². The molecule has 0 fully saturated rings. The zero-order valence-electron chi connectivity index (χ0n) is 8.84. The van der Waals surface area contributed by atoms with E-state index in [0.29, 0.717) is 6.20 Å². The molecule has 10 heteroatoms. The lowest BCUT2D eigenvalue weighted by molar-refractivity contribution is -0.275. The topological polar surface area (TPSA) is 59.4 Å². The molecule has 0 radical (unpaired) electrons. The molecule has 0 aliphatic rings. The summed E-state index contributed by atoms with van der Waals surface area (Å²) < 4.78 is 64.6. The van der Waals surface area contributed by atoms with Gasteiger partial charge in [0.15, 0.2) is 5.75 Å². The van der Waals surface area contributed by atoms with Gasteiger partial charge in [0.1, 0.15) is 5.69 Å². The number of carbonyl (C=O) groups is 1. The Morgan fingerprint density at radius 2 is 2.05 bits per heavy atom. The van der Waals surface area contributed by atoms with Crippen molar-refractivity contribution in [2.75, 3.05) is 0 Å². The maximum atomic E-state index is 12.6. The second kappa shape index (κ2) is 5.84. The van der Waals surface area contributed by atoms with Crippen LogP contribution in [0.5, 0.6) is 5.75 Å². The summed E-state index contributed by atoms with van der Waals surface area (Å²) in [5.41, 5.74) is -1.37. The molecular formula is C9H5F5INO3. The first kappa shape index (κ1) is 15.9. The summed E-state index contributed by atoms with van der Waals surface area (Å²) in [5.74, 6) is -2.28. The van der Waals surface area contributed by atoms with Crippen molar-refractivity contribution >= 4 is 28.6 Å². The molecule has 0 saturated carbocycles. The minimum absolute atomic E-state index is 0.359. The molecule has 0 aliphatic carbocycles. The summed E-state index contributed by atoms with van der Waals surface area (Å²) in [7, 11) is 0. The van der Waals surface area contributed by atoms with E-state index in [4.69, 9.17) is 5.11 Å². The van der Waals surface area contributed by atoms with E-state index in [0.717, 1.165) is 0 Å². The predicted octanol–water partition coefficient (Wildman–Crippen LogP) is 3.15. The van der Waals surface area contributed by atoms with Crippen LogP contribution in [0, 0.1) is 3.57 Å². The Kier molecular flexibility index (Phi) is 4.87. The van der Waals surface area contributed by atoms with Crippen molar-refractivity contribution in [3.05, 3.63) is 21.0 Å². The van der Waals surface area contributed by atoms with Crippen LogP contribution in [-0.2, 0) is 11.2 Å². The fourth-order valence-corrected chi connectivity index (χ4v) is 1.94. The lowest BCUT2D eigenvalue weighted by Crippen LogP contribution is -2.19. The maximum absolute atomic E-state index is 12.6. The Bertz CT molecular complexity index is 491. The molecule has 0 atom stereocenters. The number of aliphatic carboxylic acids is 1. The standard InChI is InChI=1S/C9H5F5INO3/c10-8(11)7-3(1-5(17)18)6(15)4(2-16-7)19-9(12,13)14/h2,8H,1H2,(H,17,18). The van der Waals surface area contributed by atoms with Gasteiger partial charge in [0.25, 0.3) is 6.43 Å². The van der Waals surface area contributed by atoms with Crippen LogP contribution in [0.25, 0.3) is 0 Å². The molecule has 0 aromatic carbocycles. The van der Waals surface area contributed by atoms with Crippen LogP contribution in [0.2, 0.25) is 0 Å². The van der Waals surface area contributed by atoms with E-state index in [1.165, 1.54) is 22.6 Å². The molecule has 0 aliphatic heterocycles. The molecule has 4 nitrogen and oxygen atoms in total. The van der Waals surface area contributed by atoms with Crippen molar-refractivity contribution in [2.45, 2.75) is 19.2 Å². The highest BCUT2D eigenvalue weighted by Gasteiger charge is 2.33. The zero-order valence-corrected chi connectivity index (χ0v) is 11.0. The number of nitrogens with zero attached hydrogens (tertiary/aromatic N) is 1.